The van der Waals surface area contributed by atoms with Gasteiger partial charge in [-0.1, -0.05) is 12.5 Å². The second-order valence-corrected chi connectivity index (χ2v) is 5.41. The molecule has 0 spiro atoms. The van der Waals surface area contributed by atoms with Crippen LogP contribution >= 0.6 is 0 Å². The van der Waals surface area contributed by atoms with E-state index in [2.05, 4.69) is 10.6 Å². The Morgan fingerprint density at radius 2 is 1.90 bits per heavy atom. The minimum atomic E-state index is -0.792. The number of benzene rings is 1. The summed E-state index contributed by atoms with van der Waals surface area (Å²) in [5.41, 5.74) is -0.418. The summed E-state index contributed by atoms with van der Waals surface area (Å²) < 4.78 is 26.7. The zero-order valence-electron chi connectivity index (χ0n) is 11.7. The number of nitrogens with one attached hydrogen (secondary N) is 2. The first-order chi connectivity index (χ1) is 10.1. The van der Waals surface area contributed by atoms with Crippen molar-refractivity contribution >= 4 is 11.6 Å². The number of anilines is 1. The number of aliphatic hydroxyl groups excluding tert-OH is 1. The summed E-state index contributed by atoms with van der Waals surface area (Å²) in [4.78, 5) is 11.7. The lowest BCUT2D eigenvalue weighted by molar-refractivity contribution is -0.115. The van der Waals surface area contributed by atoms with Gasteiger partial charge in [0.15, 0.2) is 0 Å². The van der Waals surface area contributed by atoms with Crippen molar-refractivity contribution in [2.75, 3.05) is 25.0 Å². The normalized spacial score (nSPS) is 21.5. The van der Waals surface area contributed by atoms with Crippen molar-refractivity contribution in [1.29, 1.82) is 0 Å². The van der Waals surface area contributed by atoms with E-state index in [0.717, 1.165) is 31.4 Å². The molecule has 0 heterocycles. The minimum Gasteiger partial charge on any atom is -0.396 e. The van der Waals surface area contributed by atoms with Gasteiger partial charge in [0.05, 0.1) is 6.54 Å². The van der Waals surface area contributed by atoms with Crippen LogP contribution < -0.4 is 10.6 Å². The van der Waals surface area contributed by atoms with Crippen LogP contribution in [0.25, 0.3) is 0 Å². The number of aliphatic hydroxyl groups is 1. The molecule has 2 unspecified atom stereocenters. The van der Waals surface area contributed by atoms with Crippen LogP contribution in [-0.4, -0.2) is 30.7 Å². The van der Waals surface area contributed by atoms with Crippen LogP contribution in [0.2, 0.25) is 0 Å². The van der Waals surface area contributed by atoms with Crippen LogP contribution in [0.15, 0.2) is 18.2 Å². The second kappa shape index (κ2) is 7.47. The van der Waals surface area contributed by atoms with Gasteiger partial charge in [-0.15, -0.1) is 0 Å². The van der Waals surface area contributed by atoms with Gasteiger partial charge >= 0.3 is 0 Å². The summed E-state index contributed by atoms with van der Waals surface area (Å²) in [6.45, 7) is 0.778. The Morgan fingerprint density at radius 3 is 2.57 bits per heavy atom. The lowest BCUT2D eigenvalue weighted by Crippen LogP contribution is -2.33. The van der Waals surface area contributed by atoms with Crippen LogP contribution in [-0.2, 0) is 4.79 Å². The number of carbonyl (C=O) groups excluding carboxylic acids is 1. The fourth-order valence-electron chi connectivity index (χ4n) is 2.79. The number of hydrogen-bond donors (Lipinski definition) is 3. The molecule has 2 atom stereocenters. The highest BCUT2D eigenvalue weighted by Crippen LogP contribution is 2.30. The van der Waals surface area contributed by atoms with Crippen molar-refractivity contribution in [1.82, 2.24) is 5.32 Å². The van der Waals surface area contributed by atoms with Gasteiger partial charge in [0, 0.05) is 6.61 Å². The van der Waals surface area contributed by atoms with Crippen molar-refractivity contribution in [3.63, 3.8) is 0 Å². The highest BCUT2D eigenvalue weighted by Gasteiger charge is 2.26. The van der Waals surface area contributed by atoms with Crippen LogP contribution in [0, 0.1) is 23.5 Å². The third-order valence-corrected chi connectivity index (χ3v) is 3.97. The fraction of sp³-hybridized carbons (Fsp3) is 0.533. The molecule has 4 nitrogen and oxygen atoms in total. The van der Waals surface area contributed by atoms with E-state index >= 15 is 0 Å². The maximum atomic E-state index is 13.4. The van der Waals surface area contributed by atoms with Gasteiger partial charge in [-0.2, -0.15) is 0 Å². The molecule has 0 aromatic heterocycles. The predicted molar refractivity (Wildman–Crippen MR) is 75.8 cm³/mol. The molecule has 1 aromatic carbocycles. The second-order valence-electron chi connectivity index (χ2n) is 5.41. The first-order valence-corrected chi connectivity index (χ1v) is 7.17. The lowest BCUT2D eigenvalue weighted by atomic mass is 9.97. The molecular weight excluding hydrogens is 278 g/mol. The van der Waals surface area contributed by atoms with Crippen molar-refractivity contribution in [3.8, 4) is 0 Å². The number of rotatable bonds is 6. The Bertz CT molecular complexity index is 476. The molecule has 1 aliphatic carbocycles. The third-order valence-electron chi connectivity index (χ3n) is 3.97. The molecule has 1 aromatic rings. The highest BCUT2D eigenvalue weighted by atomic mass is 19.1. The molecule has 21 heavy (non-hydrogen) atoms. The Labute approximate surface area is 122 Å². The molecule has 0 aliphatic heterocycles. The summed E-state index contributed by atoms with van der Waals surface area (Å²) in [6, 6.07) is 3.43. The summed E-state index contributed by atoms with van der Waals surface area (Å²) in [5.74, 6) is -1.44. The number of amides is 1. The van der Waals surface area contributed by atoms with E-state index in [1.165, 1.54) is 6.07 Å². The van der Waals surface area contributed by atoms with Gasteiger partial charge in [-0.25, -0.2) is 8.78 Å². The van der Waals surface area contributed by atoms with Crippen LogP contribution in [0.5, 0.6) is 0 Å². The van der Waals surface area contributed by atoms with Crippen molar-refractivity contribution in [3.05, 3.63) is 29.8 Å². The number of carbonyl (C=O) groups is 1. The van der Waals surface area contributed by atoms with E-state index in [9.17, 15) is 18.7 Å². The first-order valence-electron chi connectivity index (χ1n) is 7.17. The Morgan fingerprint density at radius 1 is 1.24 bits per heavy atom. The lowest BCUT2D eigenvalue weighted by Gasteiger charge is -2.17. The maximum absolute atomic E-state index is 13.4. The van der Waals surface area contributed by atoms with E-state index in [1.807, 2.05) is 0 Å². The average molecular weight is 298 g/mol. The van der Waals surface area contributed by atoms with Gasteiger partial charge in [0.2, 0.25) is 5.91 Å². The maximum Gasteiger partial charge on any atom is 0.238 e. The molecule has 0 bridgehead atoms. The summed E-state index contributed by atoms with van der Waals surface area (Å²) in [6.07, 6.45) is 3.13. The van der Waals surface area contributed by atoms with Gasteiger partial charge in [-0.3, -0.25) is 4.79 Å². The average Bonchev–Trinajstić information content (AvgIpc) is 2.90. The predicted octanol–water partition coefficient (Wildman–Crippen LogP) is 1.90. The van der Waals surface area contributed by atoms with Gasteiger partial charge in [-0.05, 0) is 43.4 Å². The molecule has 6 heteroatoms. The highest BCUT2D eigenvalue weighted by molar-refractivity contribution is 5.92. The SMILES string of the molecule is O=C(CNCC1CCCC1CO)Nc1c(F)cccc1F. The molecule has 3 N–H and O–H groups in total. The van der Waals surface area contributed by atoms with Crippen molar-refractivity contribution in [2.45, 2.75) is 19.3 Å². The molecular formula is C15H20F2N2O2. The molecule has 1 aliphatic rings. The van der Waals surface area contributed by atoms with Gasteiger partial charge in [0.1, 0.15) is 17.3 Å². The van der Waals surface area contributed by atoms with E-state index in [4.69, 9.17) is 0 Å². The number of hydrogen-bond acceptors (Lipinski definition) is 3. The quantitative estimate of drug-likeness (QED) is 0.752. The van der Waals surface area contributed by atoms with Gasteiger partial charge < -0.3 is 15.7 Å². The molecule has 0 saturated heterocycles. The standard InChI is InChI=1S/C15H20F2N2O2/c16-12-5-2-6-13(17)15(12)19-14(21)8-18-7-10-3-1-4-11(10)9-20/h2,5-6,10-11,18,20H,1,3-4,7-9H2,(H,19,21). The van der Waals surface area contributed by atoms with Crippen LogP contribution in [0.4, 0.5) is 14.5 Å². The third kappa shape index (κ3) is 4.22. The zero-order chi connectivity index (χ0) is 15.2. The monoisotopic (exact) mass is 298 g/mol. The van der Waals surface area contributed by atoms with E-state index in [1.54, 1.807) is 0 Å². The Balaban J connectivity index is 1.77. The molecule has 1 fully saturated rings. The first kappa shape index (κ1) is 15.9. The molecule has 1 saturated carbocycles. The summed E-state index contributed by atoms with van der Waals surface area (Å²) in [7, 11) is 0. The Kier molecular flexibility index (Phi) is 5.64. The number of para-hydroxylation sites is 1. The van der Waals surface area contributed by atoms with E-state index < -0.39 is 23.2 Å². The van der Waals surface area contributed by atoms with E-state index in [-0.39, 0.29) is 19.1 Å². The fourth-order valence-corrected chi connectivity index (χ4v) is 2.79. The van der Waals surface area contributed by atoms with Crippen molar-refractivity contribution in [2.24, 2.45) is 11.8 Å². The topological polar surface area (TPSA) is 61.4 Å². The smallest absolute Gasteiger partial charge is 0.238 e. The molecule has 2 rings (SSSR count). The van der Waals surface area contributed by atoms with E-state index in [0.29, 0.717) is 12.5 Å². The van der Waals surface area contributed by atoms with Gasteiger partial charge in [0.25, 0.3) is 0 Å². The molecule has 1 amide bonds. The van der Waals surface area contributed by atoms with Crippen molar-refractivity contribution < 1.29 is 18.7 Å². The largest absolute Gasteiger partial charge is 0.396 e. The minimum absolute atomic E-state index is 0.0115. The summed E-state index contributed by atoms with van der Waals surface area (Å²) >= 11 is 0. The molecule has 116 valence electrons. The molecule has 0 radical (unpaired) electrons. The Hall–Kier alpha value is -1.53. The zero-order valence-corrected chi connectivity index (χ0v) is 11.7. The summed E-state index contributed by atoms with van der Waals surface area (Å²) in [5, 5.41) is 14.4. The van der Waals surface area contributed by atoms with Crippen LogP contribution in [0.1, 0.15) is 19.3 Å². The van der Waals surface area contributed by atoms with Crippen LogP contribution in [0.3, 0.4) is 0 Å². The number of halogens is 2.